The highest BCUT2D eigenvalue weighted by molar-refractivity contribution is 9.10. The van der Waals surface area contributed by atoms with Gasteiger partial charge in [0.2, 0.25) is 11.8 Å². The number of rotatable bonds is 7. The van der Waals surface area contributed by atoms with E-state index in [4.69, 9.17) is 0 Å². The van der Waals surface area contributed by atoms with Gasteiger partial charge in [0.25, 0.3) is 5.91 Å². The predicted molar refractivity (Wildman–Crippen MR) is 87.3 cm³/mol. The minimum absolute atomic E-state index is 0.0581. The molecule has 0 saturated carbocycles. The third-order valence-electron chi connectivity index (χ3n) is 2.77. The van der Waals surface area contributed by atoms with Crippen LogP contribution >= 0.6 is 15.9 Å². The largest absolute Gasteiger partial charge is 0.354 e. The van der Waals surface area contributed by atoms with Crippen molar-refractivity contribution in [3.63, 3.8) is 0 Å². The van der Waals surface area contributed by atoms with Crippen LogP contribution in [0.2, 0.25) is 0 Å². The number of amides is 3. The molecule has 0 heterocycles. The van der Waals surface area contributed by atoms with Crippen LogP contribution < -0.4 is 16.0 Å². The zero-order chi connectivity index (χ0) is 16.5. The molecule has 22 heavy (non-hydrogen) atoms. The van der Waals surface area contributed by atoms with E-state index in [-0.39, 0.29) is 30.2 Å². The first-order valence-electron chi connectivity index (χ1n) is 6.98. The van der Waals surface area contributed by atoms with Gasteiger partial charge in [-0.15, -0.1) is 0 Å². The SMILES string of the molecule is CC(C)C(=O)NCCNC(=O)CNC(=O)c1cccc(Br)c1. The number of nitrogens with one attached hydrogen (secondary N) is 3. The standard InChI is InChI=1S/C15H20BrN3O3/c1-10(2)14(21)18-7-6-17-13(20)9-19-15(22)11-4-3-5-12(16)8-11/h3-5,8,10H,6-7,9H2,1-2H3,(H,17,20)(H,18,21)(H,19,22). The van der Waals surface area contributed by atoms with Crippen LogP contribution in [0.25, 0.3) is 0 Å². The fourth-order valence-corrected chi connectivity index (χ4v) is 1.95. The second kappa shape index (κ2) is 9.19. The van der Waals surface area contributed by atoms with E-state index in [0.717, 1.165) is 4.47 Å². The molecule has 0 unspecified atom stereocenters. The predicted octanol–water partition coefficient (Wildman–Crippen LogP) is 1.07. The first-order chi connectivity index (χ1) is 10.4. The minimum Gasteiger partial charge on any atom is -0.354 e. The summed E-state index contributed by atoms with van der Waals surface area (Å²) in [6.07, 6.45) is 0. The Labute approximate surface area is 138 Å². The Hall–Kier alpha value is -1.89. The van der Waals surface area contributed by atoms with Crippen LogP contribution in [0.15, 0.2) is 28.7 Å². The van der Waals surface area contributed by atoms with Gasteiger partial charge in [-0.2, -0.15) is 0 Å². The fourth-order valence-electron chi connectivity index (χ4n) is 1.55. The van der Waals surface area contributed by atoms with Crippen molar-refractivity contribution in [2.75, 3.05) is 19.6 Å². The lowest BCUT2D eigenvalue weighted by atomic mass is 10.2. The molecule has 1 aromatic carbocycles. The molecule has 0 atom stereocenters. The van der Waals surface area contributed by atoms with Gasteiger partial charge in [0.15, 0.2) is 0 Å². The van der Waals surface area contributed by atoms with E-state index in [2.05, 4.69) is 31.9 Å². The lowest BCUT2D eigenvalue weighted by Gasteiger charge is -2.09. The summed E-state index contributed by atoms with van der Waals surface area (Å²) in [5.74, 6) is -0.760. The molecule has 0 aromatic heterocycles. The number of hydrogen-bond acceptors (Lipinski definition) is 3. The van der Waals surface area contributed by atoms with Crippen LogP contribution in [0.5, 0.6) is 0 Å². The summed E-state index contributed by atoms with van der Waals surface area (Å²) in [4.78, 5) is 34.7. The van der Waals surface area contributed by atoms with Gasteiger partial charge in [-0.05, 0) is 18.2 Å². The summed E-state index contributed by atoms with van der Waals surface area (Å²) in [6.45, 7) is 4.17. The van der Waals surface area contributed by atoms with Gasteiger partial charge in [0.1, 0.15) is 0 Å². The van der Waals surface area contributed by atoms with Crippen molar-refractivity contribution in [3.8, 4) is 0 Å². The Bertz CT molecular complexity index is 547. The fraction of sp³-hybridized carbons (Fsp3) is 0.400. The number of halogens is 1. The Morgan fingerprint density at radius 2 is 1.77 bits per heavy atom. The van der Waals surface area contributed by atoms with E-state index in [1.165, 1.54) is 0 Å². The summed E-state index contributed by atoms with van der Waals surface area (Å²) in [7, 11) is 0. The normalized spacial score (nSPS) is 10.2. The van der Waals surface area contributed by atoms with E-state index in [9.17, 15) is 14.4 Å². The second-order valence-electron chi connectivity index (χ2n) is 4.99. The zero-order valence-corrected chi connectivity index (χ0v) is 14.2. The summed E-state index contributed by atoms with van der Waals surface area (Å²) in [5.41, 5.74) is 0.478. The van der Waals surface area contributed by atoms with Crippen LogP contribution in [-0.2, 0) is 9.59 Å². The summed E-state index contributed by atoms with van der Waals surface area (Å²) in [5, 5.41) is 7.84. The Balaban J connectivity index is 2.23. The molecule has 3 amide bonds. The summed E-state index contributed by atoms with van der Waals surface area (Å²) < 4.78 is 0.797. The zero-order valence-electron chi connectivity index (χ0n) is 12.6. The Morgan fingerprint density at radius 3 is 2.41 bits per heavy atom. The molecule has 0 saturated heterocycles. The van der Waals surface area contributed by atoms with Crippen molar-refractivity contribution in [2.24, 2.45) is 5.92 Å². The molecule has 3 N–H and O–H groups in total. The molecular weight excluding hydrogens is 350 g/mol. The number of benzene rings is 1. The van der Waals surface area contributed by atoms with E-state index in [1.54, 1.807) is 32.0 Å². The number of carbonyl (C=O) groups excluding carboxylic acids is 3. The summed E-state index contributed by atoms with van der Waals surface area (Å²) in [6, 6.07) is 6.90. The van der Waals surface area contributed by atoms with Gasteiger partial charge < -0.3 is 16.0 Å². The molecule has 1 rings (SSSR count). The molecule has 0 aliphatic heterocycles. The van der Waals surface area contributed by atoms with Crippen molar-refractivity contribution < 1.29 is 14.4 Å². The van der Waals surface area contributed by atoms with Gasteiger partial charge in [-0.1, -0.05) is 35.8 Å². The molecule has 0 bridgehead atoms. The third kappa shape index (κ3) is 6.71. The highest BCUT2D eigenvalue weighted by Crippen LogP contribution is 2.11. The molecule has 6 nitrogen and oxygen atoms in total. The Morgan fingerprint density at radius 1 is 1.09 bits per heavy atom. The average molecular weight is 370 g/mol. The van der Waals surface area contributed by atoms with Gasteiger partial charge in [0, 0.05) is 29.0 Å². The smallest absolute Gasteiger partial charge is 0.251 e. The van der Waals surface area contributed by atoms with Crippen LogP contribution in [0.4, 0.5) is 0 Å². The van der Waals surface area contributed by atoms with Gasteiger partial charge >= 0.3 is 0 Å². The molecular formula is C15H20BrN3O3. The lowest BCUT2D eigenvalue weighted by Crippen LogP contribution is -2.41. The van der Waals surface area contributed by atoms with E-state index in [0.29, 0.717) is 18.7 Å². The molecule has 0 spiro atoms. The minimum atomic E-state index is -0.315. The van der Waals surface area contributed by atoms with Crippen molar-refractivity contribution >= 4 is 33.7 Å². The highest BCUT2D eigenvalue weighted by Gasteiger charge is 2.08. The highest BCUT2D eigenvalue weighted by atomic mass is 79.9. The second-order valence-corrected chi connectivity index (χ2v) is 5.90. The van der Waals surface area contributed by atoms with E-state index >= 15 is 0 Å². The monoisotopic (exact) mass is 369 g/mol. The molecule has 7 heteroatoms. The quantitative estimate of drug-likeness (QED) is 0.628. The maximum atomic E-state index is 11.8. The van der Waals surface area contributed by atoms with Crippen LogP contribution in [0.1, 0.15) is 24.2 Å². The van der Waals surface area contributed by atoms with Crippen LogP contribution in [-0.4, -0.2) is 37.4 Å². The van der Waals surface area contributed by atoms with Crippen LogP contribution in [0.3, 0.4) is 0 Å². The molecule has 0 aliphatic carbocycles. The molecule has 0 aliphatic rings. The van der Waals surface area contributed by atoms with Crippen molar-refractivity contribution in [2.45, 2.75) is 13.8 Å². The maximum Gasteiger partial charge on any atom is 0.251 e. The molecule has 0 fully saturated rings. The molecule has 0 radical (unpaired) electrons. The van der Waals surface area contributed by atoms with Gasteiger partial charge in [-0.25, -0.2) is 0 Å². The first-order valence-corrected chi connectivity index (χ1v) is 7.77. The molecule has 120 valence electrons. The summed E-state index contributed by atoms with van der Waals surface area (Å²) >= 11 is 3.28. The van der Waals surface area contributed by atoms with Crippen molar-refractivity contribution in [3.05, 3.63) is 34.3 Å². The first kappa shape index (κ1) is 18.2. The lowest BCUT2D eigenvalue weighted by molar-refractivity contribution is -0.124. The van der Waals surface area contributed by atoms with Crippen molar-refractivity contribution in [1.29, 1.82) is 0 Å². The topological polar surface area (TPSA) is 87.3 Å². The van der Waals surface area contributed by atoms with Crippen molar-refractivity contribution in [1.82, 2.24) is 16.0 Å². The van der Waals surface area contributed by atoms with Gasteiger partial charge in [0.05, 0.1) is 6.54 Å². The molecule has 1 aromatic rings. The number of carbonyl (C=O) groups is 3. The van der Waals surface area contributed by atoms with Gasteiger partial charge in [-0.3, -0.25) is 14.4 Å². The number of hydrogen-bond donors (Lipinski definition) is 3. The van der Waals surface area contributed by atoms with E-state index in [1.807, 2.05) is 6.07 Å². The third-order valence-corrected chi connectivity index (χ3v) is 3.26. The Kier molecular flexibility index (Phi) is 7.59. The van der Waals surface area contributed by atoms with Crippen LogP contribution in [0, 0.1) is 5.92 Å². The average Bonchev–Trinajstić information content (AvgIpc) is 2.48. The van der Waals surface area contributed by atoms with E-state index < -0.39 is 0 Å². The maximum absolute atomic E-state index is 11.8.